The highest BCUT2D eigenvalue weighted by atomic mass is 16.5. The van der Waals surface area contributed by atoms with E-state index in [4.69, 9.17) is 9.47 Å². The molecule has 1 saturated carbocycles. The van der Waals surface area contributed by atoms with E-state index < -0.39 is 0 Å². The minimum Gasteiger partial charge on any atom is -0.493 e. The van der Waals surface area contributed by atoms with Gasteiger partial charge in [0.25, 0.3) is 0 Å². The van der Waals surface area contributed by atoms with E-state index in [9.17, 15) is 4.79 Å². The van der Waals surface area contributed by atoms with Crippen molar-refractivity contribution in [1.82, 2.24) is 39.4 Å². The summed E-state index contributed by atoms with van der Waals surface area (Å²) >= 11 is 0. The molecule has 1 spiro atoms. The maximum atomic E-state index is 14.0. The topological polar surface area (TPSA) is 105 Å². The van der Waals surface area contributed by atoms with Crippen LogP contribution in [-0.4, -0.2) is 119 Å². The molecule has 0 atom stereocenters. The van der Waals surface area contributed by atoms with Crippen molar-refractivity contribution in [2.45, 2.75) is 51.1 Å². The van der Waals surface area contributed by atoms with Gasteiger partial charge in [0.1, 0.15) is 12.1 Å². The summed E-state index contributed by atoms with van der Waals surface area (Å²) < 4.78 is 13.3. The van der Waals surface area contributed by atoms with Gasteiger partial charge in [-0.3, -0.25) is 14.7 Å². The van der Waals surface area contributed by atoms with Crippen molar-refractivity contribution in [3.8, 4) is 11.5 Å². The molecule has 2 fully saturated rings. The molecule has 4 aromatic rings. The number of ether oxygens (including phenoxy) is 2. The Kier molecular flexibility index (Phi) is 9.43. The molecular formula is C37H49N9O3. The molecule has 49 heavy (non-hydrogen) atoms. The van der Waals surface area contributed by atoms with E-state index >= 15 is 0 Å². The van der Waals surface area contributed by atoms with Gasteiger partial charge in [0.15, 0.2) is 17.1 Å². The normalized spacial score (nSPS) is 21.4. The molecular weight excluding hydrogens is 618 g/mol. The smallest absolute Gasteiger partial charge is 0.225 e. The lowest BCUT2D eigenvalue weighted by molar-refractivity contribution is -0.138. The van der Waals surface area contributed by atoms with E-state index in [-0.39, 0.29) is 11.5 Å². The number of pyridine rings is 1. The number of methoxy groups -OCH3 is 2. The average Bonchev–Trinajstić information content (AvgIpc) is 3.53. The molecule has 5 heterocycles. The minimum absolute atomic E-state index is 0.0395. The number of aromatic nitrogens is 5. The Labute approximate surface area is 289 Å². The Balaban J connectivity index is 1.02. The van der Waals surface area contributed by atoms with Gasteiger partial charge in [0, 0.05) is 63.0 Å². The number of piperazine rings is 1. The fourth-order valence-corrected chi connectivity index (χ4v) is 8.26. The number of nitrogens with zero attached hydrogens (tertiary/aromatic N) is 9. The van der Waals surface area contributed by atoms with Crippen LogP contribution in [0, 0.1) is 12.8 Å². The Bertz CT molecular complexity index is 1790. The third-order valence-electron chi connectivity index (χ3n) is 10.9. The SMILES string of the molecule is COc1cc2c(cc1OC)[C@]1(CC[C@@H](C(=O)N3CCN(c4ncnc5c4cnn5Cc4cccc(C)n4)CC3)CC1)N(CCN(C)C)CC2. The largest absolute Gasteiger partial charge is 0.493 e. The Morgan fingerprint density at radius 3 is 2.47 bits per heavy atom. The quantitative estimate of drug-likeness (QED) is 0.262. The molecule has 0 N–H and O–H groups in total. The molecule has 260 valence electrons. The number of amides is 1. The Morgan fingerprint density at radius 1 is 1.00 bits per heavy atom. The molecule has 7 rings (SSSR count). The van der Waals surface area contributed by atoms with Crippen LogP contribution in [0.5, 0.6) is 11.5 Å². The summed E-state index contributed by atoms with van der Waals surface area (Å²) in [5.41, 5.74) is 5.31. The molecule has 1 aromatic carbocycles. The monoisotopic (exact) mass is 667 g/mol. The number of hydrogen-bond acceptors (Lipinski definition) is 10. The van der Waals surface area contributed by atoms with Gasteiger partial charge < -0.3 is 24.2 Å². The van der Waals surface area contributed by atoms with E-state index in [0.29, 0.717) is 25.5 Å². The lowest BCUT2D eigenvalue weighted by atomic mass is 9.68. The number of rotatable bonds is 9. The van der Waals surface area contributed by atoms with E-state index in [1.54, 1.807) is 20.5 Å². The second kappa shape index (κ2) is 13.9. The molecule has 1 amide bonds. The third kappa shape index (κ3) is 6.43. The lowest BCUT2D eigenvalue weighted by Crippen LogP contribution is -2.56. The fourth-order valence-electron chi connectivity index (χ4n) is 8.26. The highest BCUT2D eigenvalue weighted by molar-refractivity contribution is 5.87. The van der Waals surface area contributed by atoms with Crippen LogP contribution < -0.4 is 14.4 Å². The van der Waals surface area contributed by atoms with Gasteiger partial charge in [-0.1, -0.05) is 6.07 Å². The summed E-state index contributed by atoms with van der Waals surface area (Å²) in [4.78, 5) is 37.2. The summed E-state index contributed by atoms with van der Waals surface area (Å²) in [5, 5.41) is 5.56. The van der Waals surface area contributed by atoms with E-state index in [0.717, 1.165) is 105 Å². The zero-order valence-corrected chi connectivity index (χ0v) is 29.6. The van der Waals surface area contributed by atoms with Crippen LogP contribution in [-0.2, 0) is 23.3 Å². The molecule has 0 radical (unpaired) electrons. The second-order valence-corrected chi connectivity index (χ2v) is 14.0. The van der Waals surface area contributed by atoms with Crippen LogP contribution in [0.1, 0.15) is 48.2 Å². The van der Waals surface area contributed by atoms with Crippen molar-refractivity contribution in [3.63, 3.8) is 0 Å². The predicted molar refractivity (Wildman–Crippen MR) is 189 cm³/mol. The number of fused-ring (bicyclic) bond motifs is 3. The second-order valence-electron chi connectivity index (χ2n) is 14.0. The molecule has 12 nitrogen and oxygen atoms in total. The zero-order chi connectivity index (χ0) is 34.1. The molecule has 3 aliphatic rings. The van der Waals surface area contributed by atoms with Gasteiger partial charge in [-0.25, -0.2) is 14.6 Å². The standard InChI is InChI=1S/C37H49N9O3/c1-26-7-6-8-29(41-26)24-46-35-30(23-40-46)34(38-25-39-35)43-16-18-44(19-17-43)36(47)27-9-12-37(13-10-27)31-22-33(49-5)32(48-4)21-28(31)11-14-45(37)20-15-42(2)3/h6-8,21-23,25,27H,9-20,24H2,1-5H3/t27-,37-. The van der Waals surface area contributed by atoms with Crippen molar-refractivity contribution in [1.29, 1.82) is 0 Å². The van der Waals surface area contributed by atoms with Crippen molar-refractivity contribution < 1.29 is 14.3 Å². The average molecular weight is 668 g/mol. The Morgan fingerprint density at radius 2 is 1.76 bits per heavy atom. The maximum absolute atomic E-state index is 14.0. The number of hydrogen-bond donors (Lipinski definition) is 0. The molecule has 1 saturated heterocycles. The van der Waals surface area contributed by atoms with Gasteiger partial charge >= 0.3 is 0 Å². The molecule has 3 aromatic heterocycles. The van der Waals surface area contributed by atoms with Gasteiger partial charge in [-0.2, -0.15) is 5.10 Å². The number of carbonyl (C=O) groups excluding carboxylic acids is 1. The van der Waals surface area contributed by atoms with Gasteiger partial charge in [0.05, 0.1) is 38.0 Å². The number of carbonyl (C=O) groups is 1. The molecule has 12 heteroatoms. The number of benzene rings is 1. The van der Waals surface area contributed by atoms with Crippen LogP contribution in [0.15, 0.2) is 42.9 Å². The van der Waals surface area contributed by atoms with E-state index in [1.165, 1.54) is 11.1 Å². The summed E-state index contributed by atoms with van der Waals surface area (Å²) in [6, 6.07) is 10.4. The van der Waals surface area contributed by atoms with Crippen LogP contribution in [0.3, 0.4) is 0 Å². The minimum atomic E-state index is -0.100. The van der Waals surface area contributed by atoms with Crippen molar-refractivity contribution >= 4 is 22.8 Å². The van der Waals surface area contributed by atoms with Gasteiger partial charge in [0.2, 0.25) is 5.91 Å². The van der Waals surface area contributed by atoms with Gasteiger partial charge in [-0.15, -0.1) is 0 Å². The fraction of sp³-hybridized carbons (Fsp3) is 0.541. The molecule has 1 aliphatic carbocycles. The van der Waals surface area contributed by atoms with Crippen molar-refractivity contribution in [3.05, 3.63) is 65.4 Å². The summed E-state index contributed by atoms with van der Waals surface area (Å²) in [5.74, 6) is 2.78. The molecule has 0 unspecified atom stereocenters. The first-order chi connectivity index (χ1) is 23.8. The number of anilines is 1. The van der Waals surface area contributed by atoms with E-state index in [1.807, 2.05) is 36.0 Å². The predicted octanol–water partition coefficient (Wildman–Crippen LogP) is 3.75. The highest BCUT2D eigenvalue weighted by Crippen LogP contribution is 2.50. The number of aryl methyl sites for hydroxylation is 1. The van der Waals surface area contributed by atoms with Crippen LogP contribution in [0.25, 0.3) is 11.0 Å². The van der Waals surface area contributed by atoms with Crippen LogP contribution in [0.4, 0.5) is 5.82 Å². The molecule has 0 bridgehead atoms. The molecule has 2 aliphatic heterocycles. The summed E-state index contributed by atoms with van der Waals surface area (Å²) in [6.45, 7) is 8.37. The highest BCUT2D eigenvalue weighted by Gasteiger charge is 2.47. The zero-order valence-electron chi connectivity index (χ0n) is 29.6. The first-order valence-corrected chi connectivity index (χ1v) is 17.6. The van der Waals surface area contributed by atoms with E-state index in [2.05, 4.69) is 65.9 Å². The third-order valence-corrected chi connectivity index (χ3v) is 10.9. The van der Waals surface area contributed by atoms with Crippen LogP contribution >= 0.6 is 0 Å². The Hall–Kier alpha value is -4.29. The van der Waals surface area contributed by atoms with Crippen molar-refractivity contribution in [2.75, 3.05) is 79.0 Å². The first-order valence-electron chi connectivity index (χ1n) is 17.6. The van der Waals surface area contributed by atoms with Crippen molar-refractivity contribution in [2.24, 2.45) is 5.92 Å². The van der Waals surface area contributed by atoms with Crippen LogP contribution in [0.2, 0.25) is 0 Å². The summed E-state index contributed by atoms with van der Waals surface area (Å²) in [7, 11) is 7.69. The maximum Gasteiger partial charge on any atom is 0.225 e. The summed E-state index contributed by atoms with van der Waals surface area (Å²) in [6.07, 6.45) is 8.14. The lowest BCUT2D eigenvalue weighted by Gasteiger charge is -2.52. The number of likely N-dealkylation sites (N-methyl/N-ethyl adjacent to an activating group) is 1. The van der Waals surface area contributed by atoms with Gasteiger partial charge in [-0.05, 0) is 88.5 Å². The first kappa shape index (κ1) is 33.2.